The zero-order valence-corrected chi connectivity index (χ0v) is 16.7. The van der Waals surface area contributed by atoms with Gasteiger partial charge in [0, 0.05) is 5.69 Å². The molecular weight excluding hydrogens is 371 g/mol. The van der Waals surface area contributed by atoms with Crippen molar-refractivity contribution in [1.29, 1.82) is 0 Å². The van der Waals surface area contributed by atoms with E-state index in [1.54, 1.807) is 12.1 Å². The predicted octanol–water partition coefficient (Wildman–Crippen LogP) is -0.575. The van der Waals surface area contributed by atoms with Crippen molar-refractivity contribution in [2.24, 2.45) is 0 Å². The van der Waals surface area contributed by atoms with Crippen LogP contribution in [0.3, 0.4) is 0 Å². The fourth-order valence-electron chi connectivity index (χ4n) is 3.62. The quantitative estimate of drug-likeness (QED) is 0.503. The van der Waals surface area contributed by atoms with Crippen molar-refractivity contribution >= 4 is 17.5 Å². The molecule has 1 saturated heterocycles. The van der Waals surface area contributed by atoms with E-state index in [0.717, 1.165) is 31.7 Å². The van der Waals surface area contributed by atoms with Crippen molar-refractivity contribution in [3.63, 3.8) is 0 Å². The Morgan fingerprint density at radius 1 is 0.897 bits per heavy atom. The van der Waals surface area contributed by atoms with Crippen molar-refractivity contribution < 1.29 is 23.8 Å². The fourth-order valence-corrected chi connectivity index (χ4v) is 3.62. The van der Waals surface area contributed by atoms with Crippen LogP contribution < -0.4 is 20.4 Å². The molecule has 0 aromatic heterocycles. The zero-order valence-electron chi connectivity index (χ0n) is 16.7. The van der Waals surface area contributed by atoms with Crippen LogP contribution in [0.2, 0.25) is 0 Å². The first-order chi connectivity index (χ1) is 14.0. The van der Waals surface area contributed by atoms with Gasteiger partial charge in [-0.1, -0.05) is 30.3 Å². The van der Waals surface area contributed by atoms with Crippen LogP contribution in [-0.2, 0) is 9.59 Å². The van der Waals surface area contributed by atoms with E-state index in [1.165, 1.54) is 21.9 Å². The Kier molecular flexibility index (Phi) is 7.32. The lowest BCUT2D eigenvalue weighted by Gasteiger charge is -2.29. The van der Waals surface area contributed by atoms with Gasteiger partial charge >= 0.3 is 0 Å². The summed E-state index contributed by atoms with van der Waals surface area (Å²) in [6.45, 7) is 6.21. The van der Waals surface area contributed by atoms with E-state index >= 15 is 0 Å². The molecule has 0 aliphatic carbocycles. The molecule has 7 heteroatoms. The molecule has 1 aliphatic heterocycles. The van der Waals surface area contributed by atoms with Gasteiger partial charge in [0.2, 0.25) is 0 Å². The maximum Gasteiger partial charge on any atom is 0.279 e. The number of halogens is 1. The number of benzene rings is 2. The van der Waals surface area contributed by atoms with Crippen molar-refractivity contribution in [3.8, 4) is 0 Å². The number of carbonyl (C=O) groups excluding carboxylic acids is 2. The lowest BCUT2D eigenvalue weighted by molar-refractivity contribution is -1.00. The summed E-state index contributed by atoms with van der Waals surface area (Å²) in [7, 11) is 0. The van der Waals surface area contributed by atoms with Crippen LogP contribution in [0.5, 0.6) is 0 Å². The molecule has 154 valence electrons. The number of carbonyl (C=O) groups is 2. The van der Waals surface area contributed by atoms with E-state index in [9.17, 15) is 14.0 Å². The molecule has 1 aliphatic rings. The molecule has 4 N–H and O–H groups in total. The molecule has 1 fully saturated rings. The molecule has 1 heterocycles. The van der Waals surface area contributed by atoms with E-state index in [-0.39, 0.29) is 23.7 Å². The molecular formula is C22H29FN4O2+2. The van der Waals surface area contributed by atoms with Crippen LogP contribution in [0.4, 0.5) is 10.1 Å². The van der Waals surface area contributed by atoms with Gasteiger partial charge in [0.25, 0.3) is 11.8 Å². The Bertz CT molecular complexity index is 805. The van der Waals surface area contributed by atoms with Crippen LogP contribution >= 0.6 is 0 Å². The Morgan fingerprint density at radius 2 is 1.45 bits per heavy atom. The monoisotopic (exact) mass is 400 g/mol. The van der Waals surface area contributed by atoms with E-state index < -0.39 is 0 Å². The van der Waals surface area contributed by atoms with Crippen molar-refractivity contribution in [2.45, 2.75) is 13.0 Å². The number of quaternary nitrogens is 2. The highest BCUT2D eigenvalue weighted by molar-refractivity contribution is 5.91. The molecule has 0 saturated carbocycles. The van der Waals surface area contributed by atoms with E-state index in [1.807, 2.05) is 37.3 Å². The molecule has 1 atom stereocenters. The predicted molar refractivity (Wildman–Crippen MR) is 109 cm³/mol. The molecule has 2 aromatic rings. The Morgan fingerprint density at radius 3 is 2.03 bits per heavy atom. The zero-order chi connectivity index (χ0) is 20.6. The number of anilines is 1. The summed E-state index contributed by atoms with van der Waals surface area (Å²) in [5.74, 6) is -0.353. The van der Waals surface area contributed by atoms with E-state index in [4.69, 9.17) is 0 Å². The second-order valence-corrected chi connectivity index (χ2v) is 7.61. The first kappa shape index (κ1) is 21.0. The van der Waals surface area contributed by atoms with E-state index in [0.29, 0.717) is 18.8 Å². The molecule has 0 radical (unpaired) electrons. The third-order valence-corrected chi connectivity index (χ3v) is 5.29. The summed E-state index contributed by atoms with van der Waals surface area (Å²) in [6, 6.07) is 15.7. The minimum atomic E-state index is -0.324. The molecule has 2 amide bonds. The Labute approximate surface area is 170 Å². The number of rotatable bonds is 7. The lowest BCUT2D eigenvalue weighted by atomic mass is 10.1. The summed E-state index contributed by atoms with van der Waals surface area (Å²) in [5.41, 5.74) is 1.70. The topological polar surface area (TPSA) is 67.1 Å². The first-order valence-electron chi connectivity index (χ1n) is 10.1. The summed E-state index contributed by atoms with van der Waals surface area (Å²) in [4.78, 5) is 27.0. The highest BCUT2D eigenvalue weighted by atomic mass is 19.1. The van der Waals surface area contributed by atoms with Gasteiger partial charge in [-0.2, -0.15) is 0 Å². The number of amides is 2. The van der Waals surface area contributed by atoms with Crippen LogP contribution in [0.15, 0.2) is 54.6 Å². The lowest BCUT2D eigenvalue weighted by Crippen LogP contribution is -3.28. The molecule has 0 bridgehead atoms. The average Bonchev–Trinajstić information content (AvgIpc) is 2.72. The van der Waals surface area contributed by atoms with Gasteiger partial charge in [-0.05, 0) is 36.8 Å². The number of hydrogen-bond acceptors (Lipinski definition) is 2. The number of hydrogen-bond donors (Lipinski definition) is 4. The summed E-state index contributed by atoms with van der Waals surface area (Å²) < 4.78 is 12.9. The second-order valence-electron chi connectivity index (χ2n) is 7.61. The third kappa shape index (κ3) is 6.66. The normalized spacial score (nSPS) is 19.9. The van der Waals surface area contributed by atoms with Gasteiger partial charge in [0.05, 0.1) is 6.04 Å². The fraction of sp³-hybridized carbons (Fsp3) is 0.364. The number of nitrogens with one attached hydrogen (secondary N) is 4. The molecule has 3 rings (SSSR count). The summed E-state index contributed by atoms with van der Waals surface area (Å²) in [6.07, 6.45) is 0. The van der Waals surface area contributed by atoms with Gasteiger partial charge in [0.15, 0.2) is 13.1 Å². The van der Waals surface area contributed by atoms with Gasteiger partial charge in [-0.15, -0.1) is 0 Å². The summed E-state index contributed by atoms with van der Waals surface area (Å²) >= 11 is 0. The van der Waals surface area contributed by atoms with Gasteiger partial charge in [0.1, 0.15) is 32.0 Å². The molecule has 29 heavy (non-hydrogen) atoms. The Hall–Kier alpha value is -2.77. The van der Waals surface area contributed by atoms with Crippen molar-refractivity contribution in [3.05, 3.63) is 66.0 Å². The van der Waals surface area contributed by atoms with Gasteiger partial charge < -0.3 is 20.4 Å². The van der Waals surface area contributed by atoms with Gasteiger partial charge in [-0.25, -0.2) is 4.39 Å². The van der Waals surface area contributed by atoms with Crippen molar-refractivity contribution in [2.75, 3.05) is 44.6 Å². The highest BCUT2D eigenvalue weighted by Gasteiger charge is 2.26. The smallest absolute Gasteiger partial charge is 0.279 e. The Balaban J connectivity index is 1.37. The minimum absolute atomic E-state index is 0.00910. The molecule has 0 unspecified atom stereocenters. The van der Waals surface area contributed by atoms with Crippen molar-refractivity contribution in [1.82, 2.24) is 5.32 Å². The standard InChI is InChI=1S/C22H27FN4O2/c1-17(18-5-3-2-4-6-18)24-21(28)15-26-11-13-27(14-12-26)16-22(29)25-20-9-7-19(23)8-10-20/h2-10,17H,11-16H2,1H3,(H,24,28)(H,25,29)/p+2/t17-/m1/s1. The first-order valence-corrected chi connectivity index (χ1v) is 10.1. The van der Waals surface area contributed by atoms with Crippen LogP contribution in [0.1, 0.15) is 18.5 Å². The van der Waals surface area contributed by atoms with Gasteiger partial charge in [-0.3, -0.25) is 9.59 Å². The maximum atomic E-state index is 12.9. The van der Waals surface area contributed by atoms with Crippen LogP contribution in [0.25, 0.3) is 0 Å². The third-order valence-electron chi connectivity index (χ3n) is 5.29. The minimum Gasteiger partial charge on any atom is -0.345 e. The van der Waals surface area contributed by atoms with Crippen LogP contribution in [-0.4, -0.2) is 51.1 Å². The molecule has 2 aromatic carbocycles. The largest absolute Gasteiger partial charge is 0.345 e. The summed E-state index contributed by atoms with van der Waals surface area (Å²) in [5, 5.41) is 5.86. The molecule has 6 nitrogen and oxygen atoms in total. The SMILES string of the molecule is C[C@@H](NC(=O)C[NH+]1CC[NH+](CC(=O)Nc2ccc(F)cc2)CC1)c1ccccc1. The van der Waals surface area contributed by atoms with Crippen LogP contribution in [0, 0.1) is 5.82 Å². The van der Waals surface area contributed by atoms with E-state index in [2.05, 4.69) is 10.6 Å². The second kappa shape index (κ2) is 10.1. The maximum absolute atomic E-state index is 12.9. The average molecular weight is 400 g/mol. The highest BCUT2D eigenvalue weighted by Crippen LogP contribution is 2.10. The molecule has 0 spiro atoms. The number of piperazine rings is 1.